The topological polar surface area (TPSA) is 64.4 Å². The molecule has 0 radical (unpaired) electrons. The molecule has 1 aliphatic rings. The Labute approximate surface area is 138 Å². The van der Waals surface area contributed by atoms with Crippen molar-refractivity contribution >= 4 is 44.7 Å². The quantitative estimate of drug-likeness (QED) is 0.802. The van der Waals surface area contributed by atoms with E-state index in [-0.39, 0.29) is 10.9 Å². The lowest BCUT2D eigenvalue weighted by Gasteiger charge is -2.35. The van der Waals surface area contributed by atoms with Crippen LogP contribution in [-0.4, -0.2) is 24.1 Å². The maximum Gasteiger partial charge on any atom is 0.237 e. The number of rotatable bonds is 3. The summed E-state index contributed by atoms with van der Waals surface area (Å²) in [5.41, 5.74) is 7.88. The predicted molar refractivity (Wildman–Crippen MR) is 91.5 cm³/mol. The summed E-state index contributed by atoms with van der Waals surface area (Å²) in [6.45, 7) is 4.93. The van der Waals surface area contributed by atoms with Crippen molar-refractivity contribution in [1.29, 1.82) is 0 Å². The van der Waals surface area contributed by atoms with E-state index >= 15 is 0 Å². The van der Waals surface area contributed by atoms with Crippen molar-refractivity contribution in [2.75, 3.05) is 18.5 Å². The van der Waals surface area contributed by atoms with Gasteiger partial charge in [0.25, 0.3) is 0 Å². The lowest BCUT2D eigenvalue weighted by Crippen LogP contribution is -2.49. The molecular formula is C15H19BrN2O2S. The van der Waals surface area contributed by atoms with Crippen LogP contribution >= 0.6 is 28.1 Å². The third-order valence-electron chi connectivity index (χ3n) is 3.99. The van der Waals surface area contributed by atoms with Gasteiger partial charge in [-0.1, -0.05) is 28.1 Å². The van der Waals surface area contributed by atoms with Crippen LogP contribution in [0.15, 0.2) is 16.6 Å². The monoisotopic (exact) mass is 370 g/mol. The minimum absolute atomic E-state index is 0.133. The van der Waals surface area contributed by atoms with Gasteiger partial charge in [-0.25, -0.2) is 0 Å². The molecule has 21 heavy (non-hydrogen) atoms. The normalized spacial score (nSPS) is 17.3. The molecule has 0 bridgehead atoms. The second-order valence-electron chi connectivity index (χ2n) is 5.43. The van der Waals surface area contributed by atoms with E-state index in [9.17, 15) is 4.79 Å². The molecule has 0 aliphatic carbocycles. The number of hydrogen-bond donors (Lipinski definition) is 2. The second kappa shape index (κ2) is 6.42. The van der Waals surface area contributed by atoms with E-state index in [0.29, 0.717) is 26.1 Å². The van der Waals surface area contributed by atoms with Gasteiger partial charge in [0.05, 0.1) is 4.99 Å². The number of ether oxygens (including phenoxy) is 1. The van der Waals surface area contributed by atoms with E-state index in [0.717, 1.165) is 21.3 Å². The van der Waals surface area contributed by atoms with Gasteiger partial charge in [0.1, 0.15) is 5.41 Å². The molecule has 1 aromatic carbocycles. The first kappa shape index (κ1) is 16.4. The van der Waals surface area contributed by atoms with Crippen LogP contribution < -0.4 is 11.1 Å². The lowest BCUT2D eigenvalue weighted by atomic mass is 9.79. The summed E-state index contributed by atoms with van der Waals surface area (Å²) in [4.78, 5) is 13.0. The summed E-state index contributed by atoms with van der Waals surface area (Å²) in [5.74, 6) is -0.133. The van der Waals surface area contributed by atoms with E-state index in [1.54, 1.807) is 0 Å². The highest BCUT2D eigenvalue weighted by atomic mass is 79.9. The van der Waals surface area contributed by atoms with Crippen molar-refractivity contribution in [2.24, 2.45) is 11.1 Å². The molecule has 114 valence electrons. The molecule has 2 rings (SSSR count). The highest BCUT2D eigenvalue weighted by Crippen LogP contribution is 2.34. The summed E-state index contributed by atoms with van der Waals surface area (Å²) < 4.78 is 6.33. The van der Waals surface area contributed by atoms with E-state index in [4.69, 9.17) is 22.7 Å². The van der Waals surface area contributed by atoms with E-state index in [1.807, 2.05) is 26.0 Å². The molecule has 1 amide bonds. The highest BCUT2D eigenvalue weighted by molar-refractivity contribution is 9.10. The van der Waals surface area contributed by atoms with Crippen LogP contribution in [-0.2, 0) is 9.53 Å². The van der Waals surface area contributed by atoms with E-state index in [1.165, 1.54) is 0 Å². The number of hydrogen-bond acceptors (Lipinski definition) is 3. The number of halogens is 1. The van der Waals surface area contributed by atoms with Gasteiger partial charge < -0.3 is 15.8 Å². The van der Waals surface area contributed by atoms with E-state index in [2.05, 4.69) is 21.2 Å². The molecular weight excluding hydrogens is 352 g/mol. The SMILES string of the molecule is Cc1cc(Br)cc(C)c1NC(=O)C1(C(N)=S)CCOCC1. The van der Waals surface area contributed by atoms with Gasteiger partial charge in [-0.3, -0.25) is 4.79 Å². The fourth-order valence-corrected chi connectivity index (χ4v) is 3.63. The fraction of sp³-hybridized carbons (Fsp3) is 0.467. The molecule has 0 spiro atoms. The number of aryl methyl sites for hydroxylation is 2. The van der Waals surface area contributed by atoms with Crippen molar-refractivity contribution in [3.8, 4) is 0 Å². The smallest absolute Gasteiger partial charge is 0.237 e. The Morgan fingerprint density at radius 2 is 1.86 bits per heavy atom. The van der Waals surface area contributed by atoms with E-state index < -0.39 is 5.41 Å². The van der Waals surface area contributed by atoms with Gasteiger partial charge in [-0.05, 0) is 49.9 Å². The van der Waals surface area contributed by atoms with Crippen molar-refractivity contribution in [3.63, 3.8) is 0 Å². The molecule has 3 N–H and O–H groups in total. The summed E-state index contributed by atoms with van der Waals surface area (Å²) in [6, 6.07) is 3.94. The van der Waals surface area contributed by atoms with Gasteiger partial charge in [-0.15, -0.1) is 0 Å². The number of amides is 1. The highest BCUT2D eigenvalue weighted by Gasteiger charge is 2.43. The first-order valence-electron chi connectivity index (χ1n) is 6.83. The zero-order valence-corrected chi connectivity index (χ0v) is 14.6. The molecule has 6 heteroatoms. The standard InChI is InChI=1S/C15H19BrN2O2S/c1-9-7-11(16)8-10(2)12(9)18-14(19)15(13(17)21)3-5-20-6-4-15/h7-8H,3-6H2,1-2H3,(H2,17,21)(H,18,19). The Hall–Kier alpha value is -0.980. The average molecular weight is 371 g/mol. The van der Waals surface area contributed by atoms with Crippen molar-refractivity contribution in [1.82, 2.24) is 0 Å². The van der Waals surface area contributed by atoms with Gasteiger partial charge >= 0.3 is 0 Å². The molecule has 1 fully saturated rings. The van der Waals surface area contributed by atoms with Crippen LogP contribution in [0.3, 0.4) is 0 Å². The zero-order chi connectivity index (χ0) is 15.6. The molecule has 0 unspecified atom stereocenters. The van der Waals surface area contributed by atoms with Crippen molar-refractivity contribution in [3.05, 3.63) is 27.7 Å². The Balaban J connectivity index is 2.30. The van der Waals surface area contributed by atoms with Crippen LogP contribution in [0.4, 0.5) is 5.69 Å². The van der Waals surface area contributed by atoms with Crippen molar-refractivity contribution in [2.45, 2.75) is 26.7 Å². The number of carbonyl (C=O) groups is 1. The van der Waals surface area contributed by atoms with Crippen LogP contribution in [0.2, 0.25) is 0 Å². The predicted octanol–water partition coefficient (Wildman–Crippen LogP) is 3.09. The number of carbonyl (C=O) groups excluding carboxylic acids is 1. The molecule has 1 saturated heterocycles. The van der Waals surface area contributed by atoms with Gasteiger partial charge in [0.15, 0.2) is 0 Å². The minimum atomic E-state index is -0.806. The van der Waals surface area contributed by atoms with Gasteiger partial charge in [0.2, 0.25) is 5.91 Å². The molecule has 4 nitrogen and oxygen atoms in total. The molecule has 1 heterocycles. The first-order chi connectivity index (χ1) is 9.86. The number of anilines is 1. The number of benzene rings is 1. The molecule has 1 aliphatic heterocycles. The molecule has 0 atom stereocenters. The first-order valence-corrected chi connectivity index (χ1v) is 8.03. The fourth-order valence-electron chi connectivity index (χ4n) is 2.65. The summed E-state index contributed by atoms with van der Waals surface area (Å²) in [5, 5.41) is 3.01. The number of nitrogens with one attached hydrogen (secondary N) is 1. The average Bonchev–Trinajstić information content (AvgIpc) is 2.43. The maximum absolute atomic E-state index is 12.8. The molecule has 0 saturated carbocycles. The Morgan fingerprint density at radius 3 is 2.33 bits per heavy atom. The summed E-state index contributed by atoms with van der Waals surface area (Å²) in [7, 11) is 0. The third kappa shape index (κ3) is 3.27. The molecule has 1 aromatic rings. The summed E-state index contributed by atoms with van der Waals surface area (Å²) >= 11 is 8.61. The van der Waals surface area contributed by atoms with Gasteiger partial charge in [-0.2, -0.15) is 0 Å². The Bertz CT molecular complexity index is 560. The third-order valence-corrected chi connectivity index (χ3v) is 4.84. The van der Waals surface area contributed by atoms with Crippen molar-refractivity contribution < 1.29 is 9.53 Å². The van der Waals surface area contributed by atoms with Crippen LogP contribution in [0, 0.1) is 19.3 Å². The lowest BCUT2D eigenvalue weighted by molar-refractivity contribution is -0.126. The summed E-state index contributed by atoms with van der Waals surface area (Å²) in [6.07, 6.45) is 1.06. The Kier molecular flexibility index (Phi) is 5.01. The van der Waals surface area contributed by atoms with Crippen LogP contribution in [0.5, 0.6) is 0 Å². The second-order valence-corrected chi connectivity index (χ2v) is 6.78. The minimum Gasteiger partial charge on any atom is -0.392 e. The largest absolute Gasteiger partial charge is 0.392 e. The maximum atomic E-state index is 12.8. The Morgan fingerprint density at radius 1 is 1.33 bits per heavy atom. The van der Waals surface area contributed by atoms with Gasteiger partial charge in [0, 0.05) is 23.4 Å². The van der Waals surface area contributed by atoms with Crippen LogP contribution in [0.25, 0.3) is 0 Å². The number of nitrogens with two attached hydrogens (primary N) is 1. The number of thiocarbonyl (C=S) groups is 1. The van der Waals surface area contributed by atoms with Crippen LogP contribution in [0.1, 0.15) is 24.0 Å². The molecule has 0 aromatic heterocycles. The zero-order valence-electron chi connectivity index (χ0n) is 12.2.